The van der Waals surface area contributed by atoms with Gasteiger partial charge in [-0.15, -0.1) is 0 Å². The van der Waals surface area contributed by atoms with Crippen molar-refractivity contribution in [1.29, 1.82) is 0 Å². The molecule has 2 nitrogen and oxygen atoms in total. The summed E-state index contributed by atoms with van der Waals surface area (Å²) in [7, 11) is 0. The van der Waals surface area contributed by atoms with Crippen molar-refractivity contribution in [3.8, 4) is 0 Å². The number of carbonyl (C=O) groups is 1. The predicted molar refractivity (Wildman–Crippen MR) is 80.3 cm³/mol. The van der Waals surface area contributed by atoms with E-state index < -0.39 is 0 Å². The lowest BCUT2D eigenvalue weighted by Gasteiger charge is -2.24. The summed E-state index contributed by atoms with van der Waals surface area (Å²) in [6, 6.07) is 7.43. The van der Waals surface area contributed by atoms with Crippen LogP contribution in [0.5, 0.6) is 0 Å². The summed E-state index contributed by atoms with van der Waals surface area (Å²) in [6.07, 6.45) is 6.62. The zero-order valence-corrected chi connectivity index (χ0v) is 12.7. The standard InChI is InChI=1S/C16H19BrO2/c1-12-5-2-3-6-14(12)10-19-11-16(18)13-7-4-8-15(17)9-13/h2-4,7-9,12,14H,5-6,10-11H2,1H3. The van der Waals surface area contributed by atoms with Crippen LogP contribution in [0.2, 0.25) is 0 Å². The molecule has 2 atom stereocenters. The smallest absolute Gasteiger partial charge is 0.188 e. The van der Waals surface area contributed by atoms with Crippen molar-refractivity contribution >= 4 is 21.7 Å². The molecule has 1 aromatic rings. The maximum atomic E-state index is 12.0. The van der Waals surface area contributed by atoms with Crippen molar-refractivity contribution in [2.75, 3.05) is 13.2 Å². The van der Waals surface area contributed by atoms with Gasteiger partial charge in [-0.05, 0) is 36.8 Å². The van der Waals surface area contributed by atoms with Gasteiger partial charge in [0.05, 0.1) is 6.61 Å². The fraction of sp³-hybridized carbons (Fsp3) is 0.438. The Labute approximate surface area is 123 Å². The van der Waals surface area contributed by atoms with E-state index in [4.69, 9.17) is 4.74 Å². The highest BCUT2D eigenvalue weighted by Gasteiger charge is 2.18. The lowest BCUT2D eigenvalue weighted by atomic mass is 9.85. The largest absolute Gasteiger partial charge is 0.373 e. The third kappa shape index (κ3) is 4.29. The third-order valence-corrected chi connectivity index (χ3v) is 4.12. The Morgan fingerprint density at radius 3 is 2.89 bits per heavy atom. The van der Waals surface area contributed by atoms with Gasteiger partial charge in [0.2, 0.25) is 0 Å². The van der Waals surface area contributed by atoms with E-state index in [0.717, 1.165) is 17.3 Å². The van der Waals surface area contributed by atoms with E-state index in [0.29, 0.717) is 24.0 Å². The average molecular weight is 323 g/mol. The molecule has 0 fully saturated rings. The molecule has 0 radical (unpaired) electrons. The molecule has 1 aromatic carbocycles. The average Bonchev–Trinajstić information content (AvgIpc) is 2.41. The summed E-state index contributed by atoms with van der Waals surface area (Å²) >= 11 is 3.37. The molecular formula is C16H19BrO2. The number of hydrogen-bond donors (Lipinski definition) is 0. The number of benzene rings is 1. The fourth-order valence-corrected chi connectivity index (χ4v) is 2.69. The Morgan fingerprint density at radius 2 is 2.16 bits per heavy atom. The van der Waals surface area contributed by atoms with Crippen molar-refractivity contribution in [1.82, 2.24) is 0 Å². The van der Waals surface area contributed by atoms with Gasteiger partial charge in [-0.1, -0.05) is 47.1 Å². The van der Waals surface area contributed by atoms with Crippen molar-refractivity contribution in [2.45, 2.75) is 19.8 Å². The van der Waals surface area contributed by atoms with Gasteiger partial charge in [-0.3, -0.25) is 4.79 Å². The molecule has 0 amide bonds. The number of ether oxygens (including phenoxy) is 1. The highest BCUT2D eigenvalue weighted by atomic mass is 79.9. The summed E-state index contributed by atoms with van der Waals surface area (Å²) < 4.78 is 6.52. The van der Waals surface area contributed by atoms with Gasteiger partial charge in [-0.2, -0.15) is 0 Å². The zero-order valence-electron chi connectivity index (χ0n) is 11.1. The second-order valence-electron chi connectivity index (χ2n) is 5.13. The Morgan fingerprint density at radius 1 is 1.37 bits per heavy atom. The van der Waals surface area contributed by atoms with Crippen LogP contribution in [0, 0.1) is 11.8 Å². The molecule has 2 rings (SSSR count). The maximum absolute atomic E-state index is 12.0. The number of ketones is 1. The second kappa shape index (κ2) is 7.01. The Bertz CT molecular complexity index is 468. The molecule has 0 bridgehead atoms. The van der Waals surface area contributed by atoms with Crippen molar-refractivity contribution in [3.63, 3.8) is 0 Å². The molecule has 1 aliphatic carbocycles. The lowest BCUT2D eigenvalue weighted by Crippen LogP contribution is -2.21. The molecule has 102 valence electrons. The first-order valence-electron chi connectivity index (χ1n) is 6.68. The molecule has 0 aromatic heterocycles. The number of hydrogen-bond acceptors (Lipinski definition) is 2. The van der Waals surface area contributed by atoms with Crippen LogP contribution < -0.4 is 0 Å². The quantitative estimate of drug-likeness (QED) is 0.598. The first kappa shape index (κ1) is 14.5. The number of rotatable bonds is 5. The first-order valence-corrected chi connectivity index (χ1v) is 7.47. The van der Waals surface area contributed by atoms with E-state index in [2.05, 4.69) is 35.0 Å². The lowest BCUT2D eigenvalue weighted by molar-refractivity contribution is 0.0602. The van der Waals surface area contributed by atoms with Gasteiger partial charge >= 0.3 is 0 Å². The molecule has 0 saturated carbocycles. The molecule has 0 spiro atoms. The topological polar surface area (TPSA) is 26.3 Å². The van der Waals surface area contributed by atoms with Crippen molar-refractivity contribution in [3.05, 3.63) is 46.5 Å². The monoisotopic (exact) mass is 322 g/mol. The van der Waals surface area contributed by atoms with Gasteiger partial charge in [0, 0.05) is 10.0 Å². The molecule has 19 heavy (non-hydrogen) atoms. The highest BCUT2D eigenvalue weighted by molar-refractivity contribution is 9.10. The van der Waals surface area contributed by atoms with Crippen LogP contribution >= 0.6 is 15.9 Å². The normalized spacial score (nSPS) is 22.4. The molecule has 0 N–H and O–H groups in total. The molecule has 1 aliphatic rings. The summed E-state index contributed by atoms with van der Waals surface area (Å²) in [6.45, 7) is 3.09. The minimum absolute atomic E-state index is 0.0419. The van der Waals surface area contributed by atoms with Crippen LogP contribution in [0.3, 0.4) is 0 Å². The predicted octanol–water partition coefficient (Wildman–Crippen LogP) is 4.25. The van der Waals surface area contributed by atoms with Crippen LogP contribution in [0.15, 0.2) is 40.9 Å². The van der Waals surface area contributed by atoms with E-state index >= 15 is 0 Å². The van der Waals surface area contributed by atoms with E-state index in [1.165, 1.54) is 0 Å². The summed E-state index contributed by atoms with van der Waals surface area (Å²) in [5.74, 6) is 1.23. The third-order valence-electron chi connectivity index (χ3n) is 3.63. The first-order chi connectivity index (χ1) is 9.16. The van der Waals surface area contributed by atoms with Gasteiger partial charge < -0.3 is 4.74 Å². The van der Waals surface area contributed by atoms with E-state index in [-0.39, 0.29) is 12.4 Å². The molecular weight excluding hydrogens is 304 g/mol. The fourth-order valence-electron chi connectivity index (χ4n) is 2.29. The van der Waals surface area contributed by atoms with Crippen LogP contribution in [0.1, 0.15) is 30.1 Å². The Kier molecular flexibility index (Phi) is 5.34. The van der Waals surface area contributed by atoms with Crippen LogP contribution in [0.4, 0.5) is 0 Å². The number of Topliss-reactive ketones (excluding diaryl/α,β-unsaturated/α-hetero) is 1. The van der Waals surface area contributed by atoms with E-state index in [1.54, 1.807) is 0 Å². The minimum atomic E-state index is 0.0419. The van der Waals surface area contributed by atoms with Crippen molar-refractivity contribution in [2.24, 2.45) is 11.8 Å². The Balaban J connectivity index is 1.79. The maximum Gasteiger partial charge on any atom is 0.188 e. The van der Waals surface area contributed by atoms with Gasteiger partial charge in [0.15, 0.2) is 5.78 Å². The Hall–Kier alpha value is -0.930. The van der Waals surface area contributed by atoms with Crippen LogP contribution in [0.25, 0.3) is 0 Å². The molecule has 0 heterocycles. The number of carbonyl (C=O) groups excluding carboxylic acids is 1. The van der Waals surface area contributed by atoms with Gasteiger partial charge in [0.25, 0.3) is 0 Å². The second-order valence-corrected chi connectivity index (χ2v) is 6.04. The molecule has 2 unspecified atom stereocenters. The number of allylic oxidation sites excluding steroid dienone is 2. The summed E-state index contributed by atoms with van der Waals surface area (Å²) in [5, 5.41) is 0. The molecule has 3 heteroatoms. The van der Waals surface area contributed by atoms with Crippen molar-refractivity contribution < 1.29 is 9.53 Å². The van der Waals surface area contributed by atoms with Crippen LogP contribution in [-0.4, -0.2) is 19.0 Å². The summed E-state index contributed by atoms with van der Waals surface area (Å²) in [5.41, 5.74) is 0.700. The zero-order chi connectivity index (χ0) is 13.7. The van der Waals surface area contributed by atoms with Crippen LogP contribution in [-0.2, 0) is 4.74 Å². The van der Waals surface area contributed by atoms with E-state index in [9.17, 15) is 4.79 Å². The number of halogens is 1. The van der Waals surface area contributed by atoms with Gasteiger partial charge in [0.1, 0.15) is 6.61 Å². The summed E-state index contributed by atoms with van der Waals surface area (Å²) in [4.78, 5) is 12.0. The van der Waals surface area contributed by atoms with E-state index in [1.807, 2.05) is 24.3 Å². The minimum Gasteiger partial charge on any atom is -0.373 e. The highest BCUT2D eigenvalue weighted by Crippen LogP contribution is 2.25. The molecule has 0 aliphatic heterocycles. The van der Waals surface area contributed by atoms with Gasteiger partial charge in [-0.25, -0.2) is 0 Å². The SMILES string of the molecule is CC1CC=CCC1COCC(=O)c1cccc(Br)c1. The molecule has 0 saturated heterocycles.